The molecule has 0 bridgehead atoms. The van der Waals surface area contributed by atoms with E-state index >= 15 is 0 Å². The molecular formula is C12H12F2O2. The highest BCUT2D eigenvalue weighted by Crippen LogP contribution is 2.51. The molecule has 16 heavy (non-hydrogen) atoms. The Kier molecular flexibility index (Phi) is 2.45. The van der Waals surface area contributed by atoms with Gasteiger partial charge in [-0.05, 0) is 19.8 Å². The van der Waals surface area contributed by atoms with E-state index in [4.69, 9.17) is 4.74 Å². The van der Waals surface area contributed by atoms with Crippen LogP contribution in [0.2, 0.25) is 0 Å². The molecule has 0 atom stereocenters. The topological polar surface area (TPSA) is 26.3 Å². The van der Waals surface area contributed by atoms with Gasteiger partial charge < -0.3 is 4.74 Å². The number of halogens is 2. The van der Waals surface area contributed by atoms with E-state index in [1.54, 1.807) is 0 Å². The molecule has 1 aliphatic carbocycles. The molecule has 1 aliphatic rings. The lowest BCUT2D eigenvalue weighted by Gasteiger charge is -2.14. The first-order valence-corrected chi connectivity index (χ1v) is 5.06. The molecule has 86 valence electrons. The molecule has 0 amide bonds. The zero-order valence-corrected chi connectivity index (χ0v) is 9.14. The first-order valence-electron chi connectivity index (χ1n) is 5.06. The lowest BCUT2D eigenvalue weighted by atomic mass is 9.91. The maximum absolute atomic E-state index is 13.7. The fourth-order valence-corrected chi connectivity index (χ4v) is 2.03. The summed E-state index contributed by atoms with van der Waals surface area (Å²) in [6, 6.07) is 2.23. The van der Waals surface area contributed by atoms with Gasteiger partial charge in [0.25, 0.3) is 0 Å². The first kappa shape index (κ1) is 11.0. The van der Waals surface area contributed by atoms with Gasteiger partial charge >= 0.3 is 0 Å². The van der Waals surface area contributed by atoms with Gasteiger partial charge in [-0.2, -0.15) is 0 Å². The van der Waals surface area contributed by atoms with Crippen LogP contribution in [0.1, 0.15) is 25.3 Å². The number of ketones is 1. The molecule has 0 spiro atoms. The number of carbonyl (C=O) groups excluding carboxylic acids is 1. The average Bonchev–Trinajstić information content (AvgIpc) is 2.98. The van der Waals surface area contributed by atoms with Crippen LogP contribution < -0.4 is 4.74 Å². The molecule has 2 nitrogen and oxygen atoms in total. The molecule has 0 heterocycles. The Labute approximate surface area is 92.2 Å². The van der Waals surface area contributed by atoms with Crippen molar-refractivity contribution in [3.63, 3.8) is 0 Å². The lowest BCUT2D eigenvalue weighted by Crippen LogP contribution is -2.20. The third kappa shape index (κ3) is 1.49. The summed E-state index contributed by atoms with van der Waals surface area (Å²) in [6.45, 7) is 1.37. The monoisotopic (exact) mass is 226 g/mol. The Morgan fingerprint density at radius 3 is 2.12 bits per heavy atom. The second-order valence-corrected chi connectivity index (χ2v) is 4.10. The quantitative estimate of drug-likeness (QED) is 0.791. The van der Waals surface area contributed by atoms with Gasteiger partial charge in [0.15, 0.2) is 0 Å². The van der Waals surface area contributed by atoms with E-state index in [1.165, 1.54) is 14.0 Å². The Hall–Kier alpha value is -1.45. The normalized spacial score (nSPS) is 17.0. The molecule has 0 saturated heterocycles. The number of hydrogen-bond acceptors (Lipinski definition) is 2. The largest absolute Gasteiger partial charge is 0.497 e. The Morgan fingerprint density at radius 2 is 1.81 bits per heavy atom. The number of Topliss-reactive ketones (excluding diaryl/α,β-unsaturated/α-hetero) is 1. The summed E-state index contributed by atoms with van der Waals surface area (Å²) in [7, 11) is 1.34. The fourth-order valence-electron chi connectivity index (χ4n) is 2.03. The van der Waals surface area contributed by atoms with Crippen LogP contribution in [-0.4, -0.2) is 12.9 Å². The minimum absolute atomic E-state index is 0.110. The van der Waals surface area contributed by atoms with Gasteiger partial charge in [-0.1, -0.05) is 0 Å². The van der Waals surface area contributed by atoms with Crippen LogP contribution in [0, 0.1) is 11.6 Å². The summed E-state index contributed by atoms with van der Waals surface area (Å²) < 4.78 is 32.2. The van der Waals surface area contributed by atoms with Crippen molar-refractivity contribution in [3.8, 4) is 5.75 Å². The van der Waals surface area contributed by atoms with E-state index in [0.29, 0.717) is 12.8 Å². The second kappa shape index (κ2) is 3.54. The minimum Gasteiger partial charge on any atom is -0.497 e. The summed E-state index contributed by atoms with van der Waals surface area (Å²) in [5, 5.41) is 0. The van der Waals surface area contributed by atoms with Gasteiger partial charge in [0.05, 0.1) is 12.5 Å². The molecular weight excluding hydrogens is 214 g/mol. The molecule has 0 N–H and O–H groups in total. The van der Waals surface area contributed by atoms with Crippen LogP contribution in [0.3, 0.4) is 0 Å². The van der Waals surface area contributed by atoms with E-state index < -0.39 is 17.0 Å². The standard InChI is InChI=1S/C12H12F2O2/c1-7(15)12(3-4-12)11-9(13)5-8(16-2)6-10(11)14/h5-6H,3-4H2,1-2H3. The van der Waals surface area contributed by atoms with E-state index in [0.717, 1.165) is 12.1 Å². The summed E-state index contributed by atoms with van der Waals surface area (Å²) >= 11 is 0. The maximum Gasteiger partial charge on any atom is 0.140 e. The van der Waals surface area contributed by atoms with E-state index in [9.17, 15) is 13.6 Å². The van der Waals surface area contributed by atoms with Crippen molar-refractivity contribution in [2.24, 2.45) is 0 Å². The van der Waals surface area contributed by atoms with E-state index in [-0.39, 0.29) is 17.1 Å². The van der Waals surface area contributed by atoms with Gasteiger partial charge in [-0.15, -0.1) is 0 Å². The predicted octanol–water partition coefficient (Wildman–Crippen LogP) is 2.59. The predicted molar refractivity (Wildman–Crippen MR) is 54.5 cm³/mol. The van der Waals surface area contributed by atoms with E-state index in [2.05, 4.69) is 0 Å². The van der Waals surface area contributed by atoms with Gasteiger partial charge in [0, 0.05) is 17.7 Å². The highest BCUT2D eigenvalue weighted by atomic mass is 19.1. The lowest BCUT2D eigenvalue weighted by molar-refractivity contribution is -0.119. The number of benzene rings is 1. The van der Waals surface area contributed by atoms with Crippen LogP contribution >= 0.6 is 0 Å². The van der Waals surface area contributed by atoms with Crippen molar-refractivity contribution in [3.05, 3.63) is 29.3 Å². The molecule has 2 rings (SSSR count). The number of methoxy groups -OCH3 is 1. The van der Waals surface area contributed by atoms with Crippen molar-refractivity contribution in [2.75, 3.05) is 7.11 Å². The summed E-state index contributed by atoms with van der Waals surface area (Å²) in [5.74, 6) is -1.47. The smallest absolute Gasteiger partial charge is 0.140 e. The molecule has 0 aromatic heterocycles. The van der Waals surface area contributed by atoms with Crippen molar-refractivity contribution in [1.82, 2.24) is 0 Å². The third-order valence-electron chi connectivity index (χ3n) is 3.15. The molecule has 4 heteroatoms. The molecule has 0 radical (unpaired) electrons. The van der Waals surface area contributed by atoms with Gasteiger partial charge in [-0.3, -0.25) is 4.79 Å². The van der Waals surface area contributed by atoms with Crippen LogP contribution in [-0.2, 0) is 10.2 Å². The summed E-state index contributed by atoms with van der Waals surface area (Å²) in [4.78, 5) is 11.4. The highest BCUT2D eigenvalue weighted by Gasteiger charge is 2.52. The van der Waals surface area contributed by atoms with Crippen LogP contribution in [0.25, 0.3) is 0 Å². The second-order valence-electron chi connectivity index (χ2n) is 4.10. The minimum atomic E-state index is -0.930. The maximum atomic E-state index is 13.7. The number of rotatable bonds is 3. The zero-order valence-electron chi connectivity index (χ0n) is 9.14. The SMILES string of the molecule is COc1cc(F)c(C2(C(C)=O)CC2)c(F)c1. The Balaban J connectivity index is 2.54. The van der Waals surface area contributed by atoms with Crippen molar-refractivity contribution < 1.29 is 18.3 Å². The van der Waals surface area contributed by atoms with Gasteiger partial charge in [-0.25, -0.2) is 8.78 Å². The number of carbonyl (C=O) groups is 1. The van der Waals surface area contributed by atoms with Crippen molar-refractivity contribution >= 4 is 5.78 Å². The van der Waals surface area contributed by atoms with Crippen LogP contribution in [0.4, 0.5) is 8.78 Å². The highest BCUT2D eigenvalue weighted by molar-refractivity contribution is 5.91. The Morgan fingerprint density at radius 1 is 1.31 bits per heavy atom. The van der Waals surface area contributed by atoms with E-state index in [1.807, 2.05) is 0 Å². The van der Waals surface area contributed by atoms with Gasteiger partial charge in [0.2, 0.25) is 0 Å². The summed E-state index contributed by atoms with van der Waals surface area (Å²) in [5.41, 5.74) is -1.04. The molecule has 0 unspecified atom stereocenters. The average molecular weight is 226 g/mol. The summed E-state index contributed by atoms with van der Waals surface area (Å²) in [6.07, 6.45) is 1.03. The number of ether oxygens (including phenoxy) is 1. The molecule has 0 aliphatic heterocycles. The first-order chi connectivity index (χ1) is 7.51. The fraction of sp³-hybridized carbons (Fsp3) is 0.417. The third-order valence-corrected chi connectivity index (χ3v) is 3.15. The molecule has 1 aromatic carbocycles. The van der Waals surface area contributed by atoms with Crippen LogP contribution in [0.15, 0.2) is 12.1 Å². The molecule has 1 fully saturated rings. The Bertz CT molecular complexity index is 427. The molecule has 1 saturated carbocycles. The van der Waals surface area contributed by atoms with Crippen molar-refractivity contribution in [2.45, 2.75) is 25.2 Å². The van der Waals surface area contributed by atoms with Crippen LogP contribution in [0.5, 0.6) is 5.75 Å². The van der Waals surface area contributed by atoms with Crippen molar-refractivity contribution in [1.29, 1.82) is 0 Å². The zero-order chi connectivity index (χ0) is 11.9. The number of hydrogen-bond donors (Lipinski definition) is 0. The van der Waals surface area contributed by atoms with Gasteiger partial charge in [0.1, 0.15) is 23.2 Å². The molecule has 1 aromatic rings.